The van der Waals surface area contributed by atoms with Gasteiger partial charge in [-0.1, -0.05) is 30.3 Å². The first kappa shape index (κ1) is 13.2. The number of hydrogen-bond acceptors (Lipinski definition) is 4. The average molecular weight is 283 g/mol. The van der Waals surface area contributed by atoms with Crippen LogP contribution < -0.4 is 5.73 Å². The van der Waals surface area contributed by atoms with E-state index in [1.807, 2.05) is 30.3 Å². The Labute approximate surface area is 121 Å². The molecule has 0 aliphatic heterocycles. The summed E-state index contributed by atoms with van der Waals surface area (Å²) in [5.74, 6) is -0.0193. The van der Waals surface area contributed by atoms with Crippen molar-refractivity contribution in [3.63, 3.8) is 0 Å². The molecule has 106 valence electrons. The SMILES string of the molecule is Nc1ccc(-c2nnnn2CCc2ccccc2)c(F)c1. The minimum Gasteiger partial charge on any atom is -0.399 e. The summed E-state index contributed by atoms with van der Waals surface area (Å²) in [5, 5.41) is 11.5. The molecule has 0 bridgehead atoms. The number of tetrazole rings is 1. The minimum absolute atomic E-state index is 0.349. The Balaban J connectivity index is 1.84. The van der Waals surface area contributed by atoms with Crippen LogP contribution in [0.1, 0.15) is 5.56 Å². The Kier molecular flexibility index (Phi) is 3.59. The average Bonchev–Trinajstić information content (AvgIpc) is 2.94. The van der Waals surface area contributed by atoms with Crippen molar-refractivity contribution >= 4 is 5.69 Å². The maximum absolute atomic E-state index is 14.0. The molecule has 0 radical (unpaired) electrons. The van der Waals surface area contributed by atoms with Gasteiger partial charge in [-0.2, -0.15) is 0 Å². The van der Waals surface area contributed by atoms with Crippen molar-refractivity contribution in [1.29, 1.82) is 0 Å². The molecule has 6 heteroatoms. The fourth-order valence-corrected chi connectivity index (χ4v) is 2.14. The first-order valence-electron chi connectivity index (χ1n) is 6.59. The van der Waals surface area contributed by atoms with Crippen LogP contribution in [0.3, 0.4) is 0 Å². The highest BCUT2D eigenvalue weighted by atomic mass is 19.1. The van der Waals surface area contributed by atoms with E-state index in [0.717, 1.165) is 6.42 Å². The number of nitrogens with two attached hydrogens (primary N) is 1. The molecule has 0 saturated carbocycles. The van der Waals surface area contributed by atoms with Gasteiger partial charge in [0.05, 0.1) is 5.56 Å². The molecule has 0 atom stereocenters. The van der Waals surface area contributed by atoms with Gasteiger partial charge in [-0.3, -0.25) is 0 Å². The number of halogens is 1. The topological polar surface area (TPSA) is 69.6 Å². The van der Waals surface area contributed by atoms with E-state index in [9.17, 15) is 4.39 Å². The quantitative estimate of drug-likeness (QED) is 0.746. The third kappa shape index (κ3) is 2.89. The van der Waals surface area contributed by atoms with Crippen LogP contribution in [0.5, 0.6) is 0 Å². The van der Waals surface area contributed by atoms with E-state index in [4.69, 9.17) is 5.73 Å². The first-order chi connectivity index (χ1) is 10.2. The van der Waals surface area contributed by atoms with Crippen LogP contribution in [-0.2, 0) is 13.0 Å². The van der Waals surface area contributed by atoms with Crippen molar-refractivity contribution in [1.82, 2.24) is 20.2 Å². The van der Waals surface area contributed by atoms with Gasteiger partial charge in [0.1, 0.15) is 5.82 Å². The Morgan fingerprint density at radius 2 is 1.90 bits per heavy atom. The summed E-state index contributed by atoms with van der Waals surface area (Å²) in [6.45, 7) is 0.580. The zero-order valence-corrected chi connectivity index (χ0v) is 11.3. The second-order valence-corrected chi connectivity index (χ2v) is 4.70. The number of aromatic nitrogens is 4. The van der Waals surface area contributed by atoms with E-state index in [1.54, 1.807) is 16.8 Å². The summed E-state index contributed by atoms with van der Waals surface area (Å²) in [5.41, 5.74) is 7.46. The highest BCUT2D eigenvalue weighted by Gasteiger charge is 2.13. The molecule has 1 aromatic heterocycles. The molecule has 2 aromatic carbocycles. The van der Waals surface area contributed by atoms with E-state index >= 15 is 0 Å². The zero-order chi connectivity index (χ0) is 14.7. The van der Waals surface area contributed by atoms with E-state index in [-0.39, 0.29) is 0 Å². The van der Waals surface area contributed by atoms with Crippen LogP contribution >= 0.6 is 0 Å². The monoisotopic (exact) mass is 283 g/mol. The normalized spacial score (nSPS) is 10.7. The van der Waals surface area contributed by atoms with Crippen molar-refractivity contribution in [3.05, 3.63) is 59.9 Å². The molecule has 3 aromatic rings. The van der Waals surface area contributed by atoms with E-state index in [2.05, 4.69) is 15.5 Å². The highest BCUT2D eigenvalue weighted by Crippen LogP contribution is 2.22. The maximum atomic E-state index is 14.0. The van der Waals surface area contributed by atoms with Crippen LogP contribution in [0, 0.1) is 5.82 Å². The summed E-state index contributed by atoms with van der Waals surface area (Å²) >= 11 is 0. The molecule has 0 aliphatic rings. The first-order valence-corrected chi connectivity index (χ1v) is 6.59. The molecule has 0 saturated heterocycles. The van der Waals surface area contributed by atoms with Crippen molar-refractivity contribution < 1.29 is 4.39 Å². The molecule has 5 nitrogen and oxygen atoms in total. The summed E-state index contributed by atoms with van der Waals surface area (Å²) in [7, 11) is 0. The predicted octanol–water partition coefficient (Wildman–Crippen LogP) is 2.30. The second-order valence-electron chi connectivity index (χ2n) is 4.70. The molecule has 0 aliphatic carbocycles. The molecule has 0 unspecified atom stereocenters. The lowest BCUT2D eigenvalue weighted by molar-refractivity contribution is 0.587. The van der Waals surface area contributed by atoms with Gasteiger partial charge in [-0.25, -0.2) is 9.07 Å². The summed E-state index contributed by atoms with van der Waals surface area (Å²) in [4.78, 5) is 0. The third-order valence-electron chi connectivity index (χ3n) is 3.22. The van der Waals surface area contributed by atoms with E-state index in [1.165, 1.54) is 11.6 Å². The van der Waals surface area contributed by atoms with Gasteiger partial charge in [0, 0.05) is 12.2 Å². The zero-order valence-electron chi connectivity index (χ0n) is 11.3. The Bertz CT molecular complexity index is 739. The maximum Gasteiger partial charge on any atom is 0.184 e. The lowest BCUT2D eigenvalue weighted by Crippen LogP contribution is -2.06. The number of hydrogen-bond donors (Lipinski definition) is 1. The van der Waals surface area contributed by atoms with Crippen molar-refractivity contribution in [2.45, 2.75) is 13.0 Å². The lowest BCUT2D eigenvalue weighted by Gasteiger charge is -2.06. The molecule has 0 amide bonds. The highest BCUT2D eigenvalue weighted by molar-refractivity contribution is 5.59. The van der Waals surface area contributed by atoms with Crippen LogP contribution in [0.2, 0.25) is 0 Å². The number of anilines is 1. The Morgan fingerprint density at radius 1 is 1.10 bits per heavy atom. The Hall–Kier alpha value is -2.76. The predicted molar refractivity (Wildman–Crippen MR) is 77.8 cm³/mol. The number of nitrogens with zero attached hydrogens (tertiary/aromatic N) is 4. The number of rotatable bonds is 4. The van der Waals surface area contributed by atoms with Crippen LogP contribution in [0.15, 0.2) is 48.5 Å². The fraction of sp³-hybridized carbons (Fsp3) is 0.133. The van der Waals surface area contributed by atoms with Crippen LogP contribution in [0.4, 0.5) is 10.1 Å². The number of benzene rings is 2. The molecular weight excluding hydrogens is 269 g/mol. The van der Waals surface area contributed by atoms with Crippen molar-refractivity contribution in [3.8, 4) is 11.4 Å². The molecule has 2 N–H and O–H groups in total. The molecule has 0 fully saturated rings. The van der Waals surface area contributed by atoms with E-state index < -0.39 is 5.82 Å². The summed E-state index contributed by atoms with van der Waals surface area (Å²) in [6.07, 6.45) is 0.773. The fourth-order valence-electron chi connectivity index (χ4n) is 2.14. The molecular formula is C15H14FN5. The standard InChI is InChI=1S/C15H14FN5/c16-14-10-12(17)6-7-13(14)15-18-19-20-21(15)9-8-11-4-2-1-3-5-11/h1-7,10H,8-9,17H2. The number of nitrogen functional groups attached to an aromatic ring is 1. The Morgan fingerprint density at radius 3 is 2.67 bits per heavy atom. The third-order valence-corrected chi connectivity index (χ3v) is 3.22. The lowest BCUT2D eigenvalue weighted by atomic mass is 10.1. The van der Waals surface area contributed by atoms with Gasteiger partial charge in [-0.15, -0.1) is 5.10 Å². The summed E-state index contributed by atoms with van der Waals surface area (Å²) in [6, 6.07) is 14.5. The molecule has 21 heavy (non-hydrogen) atoms. The van der Waals surface area contributed by atoms with Crippen molar-refractivity contribution in [2.24, 2.45) is 0 Å². The minimum atomic E-state index is -0.425. The van der Waals surface area contributed by atoms with Crippen LogP contribution in [0.25, 0.3) is 11.4 Å². The van der Waals surface area contributed by atoms with Gasteiger partial charge in [-0.05, 0) is 40.6 Å². The largest absolute Gasteiger partial charge is 0.399 e. The van der Waals surface area contributed by atoms with Gasteiger partial charge in [0.2, 0.25) is 0 Å². The van der Waals surface area contributed by atoms with Gasteiger partial charge in [0.25, 0.3) is 0 Å². The summed E-state index contributed by atoms with van der Waals surface area (Å²) < 4.78 is 15.6. The van der Waals surface area contributed by atoms with E-state index in [0.29, 0.717) is 23.6 Å². The van der Waals surface area contributed by atoms with Crippen molar-refractivity contribution in [2.75, 3.05) is 5.73 Å². The molecule has 1 heterocycles. The van der Waals surface area contributed by atoms with Crippen LogP contribution in [-0.4, -0.2) is 20.2 Å². The number of aryl methyl sites for hydroxylation is 2. The van der Waals surface area contributed by atoms with Gasteiger partial charge >= 0.3 is 0 Å². The van der Waals surface area contributed by atoms with Gasteiger partial charge < -0.3 is 5.73 Å². The second kappa shape index (κ2) is 5.70. The van der Waals surface area contributed by atoms with Gasteiger partial charge in [0.15, 0.2) is 5.82 Å². The molecule has 0 spiro atoms. The smallest absolute Gasteiger partial charge is 0.184 e. The molecule has 3 rings (SSSR count).